The maximum Gasteiger partial charge on any atom is 0.265 e. The van der Waals surface area contributed by atoms with E-state index in [1.165, 1.54) is 11.3 Å². The smallest absolute Gasteiger partial charge is 0.265 e. The first-order valence-corrected chi connectivity index (χ1v) is 6.93. The average Bonchev–Trinajstić information content (AvgIpc) is 2.99. The Morgan fingerprint density at radius 1 is 1.10 bits per heavy atom. The topological polar surface area (TPSA) is 78.4 Å². The summed E-state index contributed by atoms with van der Waals surface area (Å²) in [5.41, 5.74) is 0.812. The van der Waals surface area contributed by atoms with Crippen molar-refractivity contribution in [3.8, 4) is 0 Å². The van der Waals surface area contributed by atoms with Crippen LogP contribution in [0.3, 0.4) is 0 Å². The van der Waals surface area contributed by atoms with E-state index in [-0.39, 0.29) is 25.0 Å². The van der Waals surface area contributed by atoms with Crippen LogP contribution in [0.5, 0.6) is 0 Å². The van der Waals surface area contributed by atoms with Crippen molar-refractivity contribution in [2.45, 2.75) is 0 Å². The summed E-state index contributed by atoms with van der Waals surface area (Å²) < 4.78 is 0. The van der Waals surface area contributed by atoms with Crippen molar-refractivity contribution in [3.63, 3.8) is 0 Å². The second-order valence-electron chi connectivity index (χ2n) is 3.96. The maximum atomic E-state index is 12.0. The third kappa shape index (κ3) is 3.43. The van der Waals surface area contributed by atoms with Crippen LogP contribution in [0.15, 0.2) is 41.8 Å². The summed E-state index contributed by atoms with van der Waals surface area (Å²) in [5.74, 6) is -0.580. The van der Waals surface area contributed by atoms with Crippen molar-refractivity contribution in [1.29, 1.82) is 0 Å². The Balaban J connectivity index is 2.15. The summed E-state index contributed by atoms with van der Waals surface area (Å²) in [6.07, 6.45) is 0. The van der Waals surface area contributed by atoms with Gasteiger partial charge in [-0.1, -0.05) is 18.2 Å². The van der Waals surface area contributed by atoms with Crippen molar-refractivity contribution < 1.29 is 14.7 Å². The van der Waals surface area contributed by atoms with Crippen LogP contribution in [0.1, 0.15) is 20.0 Å². The van der Waals surface area contributed by atoms with E-state index in [1.807, 2.05) is 5.38 Å². The number of hydrogen-bond acceptors (Lipinski definition) is 4. The molecule has 1 heterocycles. The molecule has 0 spiro atoms. The first-order chi connectivity index (χ1) is 9.72. The van der Waals surface area contributed by atoms with E-state index < -0.39 is 0 Å². The van der Waals surface area contributed by atoms with Gasteiger partial charge < -0.3 is 15.7 Å². The van der Waals surface area contributed by atoms with E-state index in [1.54, 1.807) is 36.4 Å². The van der Waals surface area contributed by atoms with Gasteiger partial charge in [-0.15, -0.1) is 11.3 Å². The number of anilines is 1. The number of benzene rings is 1. The SMILES string of the molecule is O=C(Nc1ccccc1C(=O)NCCO)c1cccs1. The van der Waals surface area contributed by atoms with Crippen LogP contribution in [0, 0.1) is 0 Å². The number of aliphatic hydroxyl groups excluding tert-OH is 1. The number of aliphatic hydroxyl groups is 1. The number of rotatable bonds is 5. The number of thiophene rings is 1. The van der Waals surface area contributed by atoms with E-state index in [2.05, 4.69) is 10.6 Å². The third-order valence-electron chi connectivity index (χ3n) is 2.56. The fourth-order valence-electron chi connectivity index (χ4n) is 1.65. The van der Waals surface area contributed by atoms with Crippen LogP contribution >= 0.6 is 11.3 Å². The number of nitrogens with one attached hydrogen (secondary N) is 2. The molecule has 6 heteroatoms. The van der Waals surface area contributed by atoms with Crippen molar-refractivity contribution >= 4 is 28.8 Å². The molecule has 104 valence electrons. The van der Waals surface area contributed by atoms with E-state index in [0.29, 0.717) is 16.1 Å². The lowest BCUT2D eigenvalue weighted by Crippen LogP contribution is -2.27. The zero-order valence-corrected chi connectivity index (χ0v) is 11.4. The molecule has 2 rings (SSSR count). The number of carbonyl (C=O) groups is 2. The summed E-state index contributed by atoms with van der Waals surface area (Å²) in [6.45, 7) is 0.0432. The van der Waals surface area contributed by atoms with Crippen molar-refractivity contribution in [2.75, 3.05) is 18.5 Å². The Bertz CT molecular complexity index is 596. The van der Waals surface area contributed by atoms with Gasteiger partial charge in [0.15, 0.2) is 0 Å². The Kier molecular flexibility index (Phi) is 4.86. The van der Waals surface area contributed by atoms with Gasteiger partial charge in [0.05, 0.1) is 22.7 Å². The molecule has 0 aliphatic heterocycles. The molecule has 3 N–H and O–H groups in total. The number of amides is 2. The molecular weight excluding hydrogens is 276 g/mol. The predicted molar refractivity (Wildman–Crippen MR) is 78.1 cm³/mol. The molecule has 0 radical (unpaired) electrons. The zero-order chi connectivity index (χ0) is 14.4. The molecule has 0 unspecified atom stereocenters. The Hall–Kier alpha value is -2.18. The Morgan fingerprint density at radius 3 is 2.60 bits per heavy atom. The number of hydrogen-bond donors (Lipinski definition) is 3. The highest BCUT2D eigenvalue weighted by Gasteiger charge is 2.13. The predicted octanol–water partition coefficient (Wildman–Crippen LogP) is 1.72. The molecule has 5 nitrogen and oxygen atoms in total. The largest absolute Gasteiger partial charge is 0.395 e. The molecule has 1 aromatic carbocycles. The minimum Gasteiger partial charge on any atom is -0.395 e. The normalized spacial score (nSPS) is 10.1. The minimum atomic E-state index is -0.332. The first-order valence-electron chi connectivity index (χ1n) is 6.05. The lowest BCUT2D eigenvalue weighted by molar-refractivity contribution is 0.0945. The summed E-state index contributed by atoms with van der Waals surface area (Å²) in [7, 11) is 0. The second kappa shape index (κ2) is 6.83. The molecule has 0 bridgehead atoms. The monoisotopic (exact) mass is 290 g/mol. The molecule has 20 heavy (non-hydrogen) atoms. The Labute approximate surface area is 120 Å². The summed E-state index contributed by atoms with van der Waals surface area (Å²) in [6, 6.07) is 10.3. The van der Waals surface area contributed by atoms with Crippen LogP contribution < -0.4 is 10.6 Å². The number of carbonyl (C=O) groups excluding carboxylic acids is 2. The van der Waals surface area contributed by atoms with Gasteiger partial charge in [0.2, 0.25) is 0 Å². The Morgan fingerprint density at radius 2 is 1.90 bits per heavy atom. The molecule has 0 aliphatic rings. The van der Waals surface area contributed by atoms with E-state index in [4.69, 9.17) is 5.11 Å². The highest BCUT2D eigenvalue weighted by Crippen LogP contribution is 2.17. The summed E-state index contributed by atoms with van der Waals surface area (Å²) >= 11 is 1.33. The lowest BCUT2D eigenvalue weighted by Gasteiger charge is -2.10. The molecule has 0 saturated carbocycles. The van der Waals surface area contributed by atoms with Crippen LogP contribution in [0.4, 0.5) is 5.69 Å². The van der Waals surface area contributed by atoms with Gasteiger partial charge in [0.1, 0.15) is 0 Å². The third-order valence-corrected chi connectivity index (χ3v) is 3.43. The fourth-order valence-corrected chi connectivity index (χ4v) is 2.27. The van der Waals surface area contributed by atoms with Crippen molar-refractivity contribution in [2.24, 2.45) is 0 Å². The molecular formula is C14H14N2O3S. The molecule has 0 aliphatic carbocycles. The quantitative estimate of drug-likeness (QED) is 0.784. The molecule has 2 amide bonds. The van der Waals surface area contributed by atoms with E-state index in [9.17, 15) is 9.59 Å². The van der Waals surface area contributed by atoms with Gasteiger partial charge in [-0.25, -0.2) is 0 Å². The lowest BCUT2D eigenvalue weighted by atomic mass is 10.1. The molecule has 0 saturated heterocycles. The molecule has 0 atom stereocenters. The van der Waals surface area contributed by atoms with Gasteiger partial charge in [-0.05, 0) is 23.6 Å². The van der Waals surface area contributed by atoms with Gasteiger partial charge in [0, 0.05) is 6.54 Å². The fraction of sp³-hybridized carbons (Fsp3) is 0.143. The first kappa shape index (κ1) is 14.2. The van der Waals surface area contributed by atoms with Crippen molar-refractivity contribution in [1.82, 2.24) is 5.32 Å². The van der Waals surface area contributed by atoms with Gasteiger partial charge in [-0.2, -0.15) is 0 Å². The van der Waals surface area contributed by atoms with Crippen LogP contribution in [0.2, 0.25) is 0 Å². The summed E-state index contributed by atoms with van der Waals surface area (Å²) in [4.78, 5) is 24.5. The van der Waals surface area contributed by atoms with Crippen LogP contribution in [0.25, 0.3) is 0 Å². The van der Waals surface area contributed by atoms with Crippen LogP contribution in [-0.4, -0.2) is 30.1 Å². The summed E-state index contributed by atoms with van der Waals surface area (Å²) in [5, 5.41) is 15.8. The highest BCUT2D eigenvalue weighted by atomic mass is 32.1. The standard InChI is InChI=1S/C14H14N2O3S/c17-8-7-15-13(18)10-4-1-2-5-11(10)16-14(19)12-6-3-9-20-12/h1-6,9,17H,7-8H2,(H,15,18)(H,16,19). The highest BCUT2D eigenvalue weighted by molar-refractivity contribution is 7.12. The minimum absolute atomic E-state index is 0.130. The maximum absolute atomic E-state index is 12.0. The van der Waals surface area contributed by atoms with Gasteiger partial charge >= 0.3 is 0 Å². The van der Waals surface area contributed by atoms with E-state index >= 15 is 0 Å². The number of para-hydroxylation sites is 1. The average molecular weight is 290 g/mol. The molecule has 0 fully saturated rings. The van der Waals surface area contributed by atoms with Gasteiger partial charge in [-0.3, -0.25) is 9.59 Å². The second-order valence-corrected chi connectivity index (χ2v) is 4.90. The molecule has 1 aromatic heterocycles. The van der Waals surface area contributed by atoms with Crippen LogP contribution in [-0.2, 0) is 0 Å². The van der Waals surface area contributed by atoms with Gasteiger partial charge in [0.25, 0.3) is 11.8 Å². The van der Waals surface area contributed by atoms with E-state index in [0.717, 1.165) is 0 Å². The zero-order valence-electron chi connectivity index (χ0n) is 10.6. The van der Waals surface area contributed by atoms with Crippen molar-refractivity contribution in [3.05, 3.63) is 52.2 Å². The molecule has 2 aromatic rings.